The topological polar surface area (TPSA) is 60.5 Å². The number of hydrogen-bond donors (Lipinski definition) is 1. The molecule has 0 atom stereocenters. The molecule has 0 spiro atoms. The van der Waals surface area contributed by atoms with Crippen LogP contribution in [0.4, 0.5) is 5.82 Å². The molecule has 140 valence electrons. The van der Waals surface area contributed by atoms with E-state index in [9.17, 15) is 4.79 Å². The minimum atomic E-state index is -0.294. The fourth-order valence-electron chi connectivity index (χ4n) is 2.25. The molecule has 2 aromatic heterocycles. The summed E-state index contributed by atoms with van der Waals surface area (Å²) in [5, 5.41) is 5.23. The Kier molecular flexibility index (Phi) is 6.55. The summed E-state index contributed by atoms with van der Waals surface area (Å²) in [6, 6.07) is 10.8. The number of rotatable bonds is 7. The van der Waals surface area contributed by atoms with Gasteiger partial charge in [0.2, 0.25) is 0 Å². The Morgan fingerprint density at radius 1 is 1.19 bits per heavy atom. The lowest BCUT2D eigenvalue weighted by Crippen LogP contribution is -2.11. The molecule has 8 heteroatoms. The molecule has 0 bridgehead atoms. The van der Waals surface area contributed by atoms with E-state index in [1.54, 1.807) is 6.07 Å². The van der Waals surface area contributed by atoms with Crippen LogP contribution in [0.3, 0.4) is 0 Å². The molecule has 3 rings (SSSR count). The normalized spacial score (nSPS) is 10.5. The lowest BCUT2D eigenvalue weighted by molar-refractivity contribution is 0.103. The zero-order chi connectivity index (χ0) is 19.2. The van der Waals surface area contributed by atoms with Gasteiger partial charge in [-0.2, -0.15) is 0 Å². The maximum absolute atomic E-state index is 12.4. The molecule has 0 fully saturated rings. The summed E-state index contributed by atoms with van der Waals surface area (Å²) in [5.74, 6) is 1.32. The minimum absolute atomic E-state index is 0.267. The highest BCUT2D eigenvalue weighted by molar-refractivity contribution is 7.12. The van der Waals surface area contributed by atoms with Gasteiger partial charge >= 0.3 is 0 Å². The molecule has 2 heterocycles. The van der Waals surface area contributed by atoms with Gasteiger partial charge in [0.15, 0.2) is 17.3 Å². The van der Waals surface area contributed by atoms with Crippen molar-refractivity contribution in [3.8, 4) is 11.5 Å². The van der Waals surface area contributed by atoms with E-state index in [4.69, 9.17) is 32.7 Å². The van der Waals surface area contributed by atoms with Crippen LogP contribution in [0, 0.1) is 0 Å². The number of hydrogen-bond acceptors (Lipinski definition) is 5. The van der Waals surface area contributed by atoms with Crippen molar-refractivity contribution in [3.05, 3.63) is 68.5 Å². The van der Waals surface area contributed by atoms with Crippen molar-refractivity contribution >= 4 is 46.3 Å². The van der Waals surface area contributed by atoms with Crippen molar-refractivity contribution in [1.29, 1.82) is 0 Å². The smallest absolute Gasteiger partial charge is 0.266 e. The van der Waals surface area contributed by atoms with Crippen LogP contribution >= 0.6 is 34.5 Å². The summed E-state index contributed by atoms with van der Waals surface area (Å²) in [5.41, 5.74) is 0.881. The van der Waals surface area contributed by atoms with Crippen molar-refractivity contribution in [2.45, 2.75) is 13.5 Å². The molecule has 0 saturated heterocycles. The van der Waals surface area contributed by atoms with Gasteiger partial charge in [-0.15, -0.1) is 11.3 Å². The first-order valence-electron chi connectivity index (χ1n) is 8.11. The van der Waals surface area contributed by atoms with Crippen LogP contribution in [0.25, 0.3) is 0 Å². The van der Waals surface area contributed by atoms with Crippen LogP contribution in [0.15, 0.2) is 48.0 Å². The van der Waals surface area contributed by atoms with Crippen molar-refractivity contribution in [2.75, 3.05) is 11.9 Å². The number of benzene rings is 1. The van der Waals surface area contributed by atoms with Gasteiger partial charge in [-0.1, -0.05) is 35.3 Å². The summed E-state index contributed by atoms with van der Waals surface area (Å²) >= 11 is 13.2. The van der Waals surface area contributed by atoms with Crippen LogP contribution in [-0.4, -0.2) is 17.5 Å². The van der Waals surface area contributed by atoms with Crippen LogP contribution in [-0.2, 0) is 6.61 Å². The van der Waals surface area contributed by atoms with E-state index >= 15 is 0 Å². The average Bonchev–Trinajstić information content (AvgIpc) is 3.13. The summed E-state index contributed by atoms with van der Waals surface area (Å²) in [6.45, 7) is 2.81. The maximum atomic E-state index is 12.4. The second-order valence-electron chi connectivity index (χ2n) is 5.43. The number of para-hydroxylation sites is 2. The molecular weight excluding hydrogens is 407 g/mol. The summed E-state index contributed by atoms with van der Waals surface area (Å²) in [7, 11) is 0. The number of carbonyl (C=O) groups is 1. The molecule has 0 aliphatic heterocycles. The highest BCUT2D eigenvalue weighted by Gasteiger charge is 2.13. The zero-order valence-corrected chi connectivity index (χ0v) is 16.7. The molecular formula is C19H16Cl2N2O3S. The Morgan fingerprint density at radius 2 is 1.93 bits per heavy atom. The van der Waals surface area contributed by atoms with E-state index in [0.29, 0.717) is 34.6 Å². The first-order valence-corrected chi connectivity index (χ1v) is 9.74. The molecule has 1 N–H and O–H groups in total. The van der Waals surface area contributed by atoms with Gasteiger partial charge in [0.1, 0.15) is 6.61 Å². The second-order valence-corrected chi connectivity index (χ2v) is 7.18. The van der Waals surface area contributed by atoms with E-state index < -0.39 is 0 Å². The number of halogens is 2. The number of nitrogens with zero attached hydrogens (tertiary/aromatic N) is 1. The number of nitrogens with one attached hydrogen (secondary N) is 1. The van der Waals surface area contributed by atoms with E-state index in [1.807, 2.05) is 36.6 Å². The van der Waals surface area contributed by atoms with Crippen LogP contribution in [0.2, 0.25) is 10.0 Å². The third-order valence-corrected chi connectivity index (χ3v) is 4.93. The standard InChI is InChI=1S/C19H16Cl2N2O3S/c1-2-25-15-5-3-4-6-16(15)26-10-12-7-17(27-11-12)19(24)23-18-14(21)8-13(20)9-22-18/h3-9,11H,2,10H2,1H3,(H,22,23,24). The fraction of sp³-hybridized carbons (Fsp3) is 0.158. The van der Waals surface area contributed by atoms with Gasteiger partial charge in [0.05, 0.1) is 21.5 Å². The van der Waals surface area contributed by atoms with Gasteiger partial charge in [0, 0.05) is 11.8 Å². The first kappa shape index (κ1) is 19.5. The SMILES string of the molecule is CCOc1ccccc1OCc1csc(C(=O)Nc2ncc(Cl)cc2Cl)c1. The molecule has 0 unspecified atom stereocenters. The molecule has 27 heavy (non-hydrogen) atoms. The monoisotopic (exact) mass is 422 g/mol. The lowest BCUT2D eigenvalue weighted by Gasteiger charge is -2.10. The molecule has 0 radical (unpaired) electrons. The predicted molar refractivity (Wildman–Crippen MR) is 108 cm³/mol. The molecule has 3 aromatic rings. The van der Waals surface area contributed by atoms with E-state index in [1.165, 1.54) is 23.6 Å². The highest BCUT2D eigenvalue weighted by atomic mass is 35.5. The van der Waals surface area contributed by atoms with Gasteiger partial charge in [-0.25, -0.2) is 4.98 Å². The number of anilines is 1. The Labute approximate surface area is 170 Å². The van der Waals surface area contributed by atoms with E-state index in [0.717, 1.165) is 5.56 Å². The van der Waals surface area contributed by atoms with Crippen LogP contribution in [0.1, 0.15) is 22.2 Å². The van der Waals surface area contributed by atoms with Crippen molar-refractivity contribution in [2.24, 2.45) is 0 Å². The van der Waals surface area contributed by atoms with Crippen molar-refractivity contribution < 1.29 is 14.3 Å². The number of pyridine rings is 1. The number of carbonyl (C=O) groups excluding carboxylic acids is 1. The number of ether oxygens (including phenoxy) is 2. The molecule has 1 amide bonds. The largest absolute Gasteiger partial charge is 0.490 e. The lowest BCUT2D eigenvalue weighted by atomic mass is 10.3. The molecule has 0 aliphatic rings. The summed E-state index contributed by atoms with van der Waals surface area (Å²) < 4.78 is 11.4. The van der Waals surface area contributed by atoms with Gasteiger partial charge in [-0.05, 0) is 36.6 Å². The van der Waals surface area contributed by atoms with Gasteiger partial charge in [-0.3, -0.25) is 4.79 Å². The van der Waals surface area contributed by atoms with E-state index in [-0.39, 0.29) is 16.7 Å². The van der Waals surface area contributed by atoms with Crippen molar-refractivity contribution in [3.63, 3.8) is 0 Å². The quantitative estimate of drug-likeness (QED) is 0.531. The molecule has 0 aliphatic carbocycles. The molecule has 0 saturated carbocycles. The number of thiophene rings is 1. The minimum Gasteiger partial charge on any atom is -0.490 e. The Balaban J connectivity index is 1.63. The van der Waals surface area contributed by atoms with Crippen LogP contribution in [0.5, 0.6) is 11.5 Å². The summed E-state index contributed by atoms with van der Waals surface area (Å²) in [4.78, 5) is 16.9. The third kappa shape index (κ3) is 5.13. The average molecular weight is 423 g/mol. The Morgan fingerprint density at radius 3 is 2.63 bits per heavy atom. The highest BCUT2D eigenvalue weighted by Crippen LogP contribution is 2.28. The van der Waals surface area contributed by atoms with E-state index in [2.05, 4.69) is 10.3 Å². The van der Waals surface area contributed by atoms with Gasteiger partial charge < -0.3 is 14.8 Å². The third-order valence-electron chi connectivity index (χ3n) is 3.46. The molecule has 5 nitrogen and oxygen atoms in total. The van der Waals surface area contributed by atoms with Crippen LogP contribution < -0.4 is 14.8 Å². The Bertz CT molecular complexity index is 946. The predicted octanol–water partition coefficient (Wildman–Crippen LogP) is 5.68. The molecule has 1 aromatic carbocycles. The first-order chi connectivity index (χ1) is 13.1. The Hall–Kier alpha value is -2.28. The zero-order valence-electron chi connectivity index (χ0n) is 14.4. The maximum Gasteiger partial charge on any atom is 0.266 e. The number of amides is 1. The summed E-state index contributed by atoms with van der Waals surface area (Å²) in [6.07, 6.45) is 1.42. The van der Waals surface area contributed by atoms with Gasteiger partial charge in [0.25, 0.3) is 5.91 Å². The fourth-order valence-corrected chi connectivity index (χ4v) is 3.47. The van der Waals surface area contributed by atoms with Crippen molar-refractivity contribution in [1.82, 2.24) is 4.98 Å². The second kappa shape index (κ2) is 9.08. The number of aromatic nitrogens is 1.